The van der Waals surface area contributed by atoms with E-state index in [0.717, 1.165) is 16.5 Å². The van der Waals surface area contributed by atoms with Gasteiger partial charge in [0, 0.05) is 41.3 Å². The van der Waals surface area contributed by atoms with Crippen molar-refractivity contribution in [1.82, 2.24) is 4.57 Å². The summed E-state index contributed by atoms with van der Waals surface area (Å²) in [6.07, 6.45) is 1.27. The maximum atomic E-state index is 9.74. The number of aryl methyl sites for hydroxylation is 1. The Morgan fingerprint density at radius 2 is 2.27 bits per heavy atom. The highest BCUT2D eigenvalue weighted by atomic mass is 35.5. The zero-order valence-corrected chi connectivity index (χ0v) is 9.20. The Balaban J connectivity index is 2.68. The summed E-state index contributed by atoms with van der Waals surface area (Å²) in [7, 11) is 1.92. The number of rotatable bonds is 2. The van der Waals surface area contributed by atoms with Crippen molar-refractivity contribution in [3.8, 4) is 0 Å². The van der Waals surface area contributed by atoms with Gasteiger partial charge in [-0.3, -0.25) is 0 Å². The van der Waals surface area contributed by atoms with Crippen LogP contribution >= 0.6 is 11.6 Å². The molecule has 0 aliphatic carbocycles. The molecule has 0 bridgehead atoms. The summed E-state index contributed by atoms with van der Waals surface area (Å²) in [6.45, 7) is 0.224. The SMILES string of the molecule is Cn1cc([C@H](O)CN)c2ccc(Cl)cc21. The van der Waals surface area contributed by atoms with Crippen LogP contribution in [0.5, 0.6) is 0 Å². The Bertz CT molecular complexity index is 493. The molecule has 1 aromatic heterocycles. The van der Waals surface area contributed by atoms with Crippen molar-refractivity contribution in [1.29, 1.82) is 0 Å². The van der Waals surface area contributed by atoms with Gasteiger partial charge in [0.05, 0.1) is 6.10 Å². The lowest BCUT2D eigenvalue weighted by Crippen LogP contribution is -2.10. The van der Waals surface area contributed by atoms with Crippen molar-refractivity contribution in [3.63, 3.8) is 0 Å². The number of halogens is 1. The molecule has 4 heteroatoms. The molecule has 0 aliphatic heterocycles. The molecule has 15 heavy (non-hydrogen) atoms. The minimum absolute atomic E-state index is 0.224. The first-order valence-corrected chi connectivity index (χ1v) is 5.14. The molecule has 1 aromatic carbocycles. The Morgan fingerprint density at radius 3 is 2.93 bits per heavy atom. The number of hydrogen-bond acceptors (Lipinski definition) is 2. The number of aliphatic hydroxyl groups is 1. The topological polar surface area (TPSA) is 51.2 Å². The van der Waals surface area contributed by atoms with Crippen LogP contribution in [0.3, 0.4) is 0 Å². The Morgan fingerprint density at radius 1 is 1.53 bits per heavy atom. The van der Waals surface area contributed by atoms with E-state index in [4.69, 9.17) is 17.3 Å². The number of nitrogens with two attached hydrogens (primary N) is 1. The summed E-state index contributed by atoms with van der Waals surface area (Å²) < 4.78 is 1.94. The van der Waals surface area contributed by atoms with Crippen LogP contribution in [-0.2, 0) is 7.05 Å². The predicted octanol–water partition coefficient (Wildman–Crippen LogP) is 1.82. The summed E-state index contributed by atoms with van der Waals surface area (Å²) in [6, 6.07) is 5.60. The number of nitrogens with zero attached hydrogens (tertiary/aromatic N) is 1. The number of aromatic nitrogens is 1. The molecule has 80 valence electrons. The van der Waals surface area contributed by atoms with Crippen molar-refractivity contribution in [3.05, 3.63) is 35.0 Å². The Hall–Kier alpha value is -1.03. The number of fused-ring (bicyclic) bond motifs is 1. The minimum Gasteiger partial charge on any atom is -0.387 e. The van der Waals surface area contributed by atoms with Gasteiger partial charge in [-0.2, -0.15) is 0 Å². The van der Waals surface area contributed by atoms with Gasteiger partial charge in [-0.1, -0.05) is 17.7 Å². The summed E-state index contributed by atoms with van der Waals surface area (Å²) in [5.41, 5.74) is 7.31. The average molecular weight is 225 g/mol. The highest BCUT2D eigenvalue weighted by Crippen LogP contribution is 2.27. The fourth-order valence-corrected chi connectivity index (χ4v) is 1.95. The van der Waals surface area contributed by atoms with Crippen LogP contribution in [0.25, 0.3) is 10.9 Å². The minimum atomic E-state index is -0.616. The first kappa shape index (κ1) is 10.5. The van der Waals surface area contributed by atoms with Crippen molar-refractivity contribution in [2.24, 2.45) is 12.8 Å². The van der Waals surface area contributed by atoms with Gasteiger partial charge < -0.3 is 15.4 Å². The first-order chi connectivity index (χ1) is 7.13. The average Bonchev–Trinajstić information content (AvgIpc) is 2.55. The molecule has 1 atom stereocenters. The third-order valence-electron chi connectivity index (χ3n) is 2.57. The van der Waals surface area contributed by atoms with Gasteiger partial charge in [-0.15, -0.1) is 0 Å². The van der Waals surface area contributed by atoms with Crippen LogP contribution in [-0.4, -0.2) is 16.2 Å². The molecule has 0 aliphatic rings. The number of benzene rings is 1. The quantitative estimate of drug-likeness (QED) is 0.818. The van der Waals surface area contributed by atoms with Crippen LogP contribution in [0.15, 0.2) is 24.4 Å². The van der Waals surface area contributed by atoms with E-state index in [0.29, 0.717) is 5.02 Å². The van der Waals surface area contributed by atoms with E-state index < -0.39 is 6.10 Å². The normalized spacial score (nSPS) is 13.3. The summed E-state index contributed by atoms with van der Waals surface area (Å²) in [5.74, 6) is 0. The maximum Gasteiger partial charge on any atom is 0.0932 e. The highest BCUT2D eigenvalue weighted by molar-refractivity contribution is 6.31. The van der Waals surface area contributed by atoms with Crippen LogP contribution in [0.1, 0.15) is 11.7 Å². The third kappa shape index (κ3) is 1.74. The third-order valence-corrected chi connectivity index (χ3v) is 2.80. The second kappa shape index (κ2) is 3.85. The molecule has 1 heterocycles. The number of hydrogen-bond donors (Lipinski definition) is 2. The molecular formula is C11H13ClN2O. The van der Waals surface area contributed by atoms with Gasteiger partial charge >= 0.3 is 0 Å². The summed E-state index contributed by atoms with van der Waals surface area (Å²) >= 11 is 5.91. The fraction of sp³-hybridized carbons (Fsp3) is 0.273. The van der Waals surface area contributed by atoms with Gasteiger partial charge in [0.15, 0.2) is 0 Å². The number of aliphatic hydroxyl groups excluding tert-OH is 1. The van der Waals surface area contributed by atoms with Gasteiger partial charge in [-0.25, -0.2) is 0 Å². The van der Waals surface area contributed by atoms with Gasteiger partial charge in [0.25, 0.3) is 0 Å². The summed E-state index contributed by atoms with van der Waals surface area (Å²) in [4.78, 5) is 0. The molecular weight excluding hydrogens is 212 g/mol. The summed E-state index contributed by atoms with van der Waals surface area (Å²) in [5, 5.41) is 11.4. The molecule has 0 unspecified atom stereocenters. The van der Waals surface area contributed by atoms with Crippen LogP contribution < -0.4 is 5.73 Å². The Labute approximate surface area is 93.1 Å². The second-order valence-corrected chi connectivity index (χ2v) is 4.04. The van der Waals surface area contributed by atoms with E-state index >= 15 is 0 Å². The first-order valence-electron chi connectivity index (χ1n) is 4.76. The molecule has 0 saturated carbocycles. The maximum absolute atomic E-state index is 9.74. The fourth-order valence-electron chi connectivity index (χ4n) is 1.78. The predicted molar refractivity (Wildman–Crippen MR) is 61.9 cm³/mol. The Kier molecular flexibility index (Phi) is 2.69. The lowest BCUT2D eigenvalue weighted by molar-refractivity contribution is 0.188. The molecule has 3 N–H and O–H groups in total. The molecule has 0 radical (unpaired) electrons. The van der Waals surface area contributed by atoms with Gasteiger partial charge in [-0.05, 0) is 12.1 Å². The molecule has 3 nitrogen and oxygen atoms in total. The van der Waals surface area contributed by atoms with E-state index in [9.17, 15) is 5.11 Å². The van der Waals surface area contributed by atoms with Crippen molar-refractivity contribution < 1.29 is 5.11 Å². The smallest absolute Gasteiger partial charge is 0.0932 e. The molecule has 2 rings (SSSR count). The van der Waals surface area contributed by atoms with Crippen molar-refractivity contribution in [2.45, 2.75) is 6.10 Å². The molecule has 0 saturated heterocycles. The van der Waals surface area contributed by atoms with E-state index in [2.05, 4.69) is 0 Å². The largest absolute Gasteiger partial charge is 0.387 e. The highest BCUT2D eigenvalue weighted by Gasteiger charge is 2.13. The zero-order chi connectivity index (χ0) is 11.0. The lowest BCUT2D eigenvalue weighted by atomic mass is 10.1. The second-order valence-electron chi connectivity index (χ2n) is 3.61. The van der Waals surface area contributed by atoms with Gasteiger partial charge in [0.2, 0.25) is 0 Å². The van der Waals surface area contributed by atoms with Crippen LogP contribution in [0, 0.1) is 0 Å². The van der Waals surface area contributed by atoms with E-state index in [-0.39, 0.29) is 6.54 Å². The standard InChI is InChI=1S/C11H13ClN2O/c1-14-6-9(11(15)5-13)8-3-2-7(12)4-10(8)14/h2-4,6,11,15H,5,13H2,1H3/t11-/m1/s1. The molecule has 0 spiro atoms. The van der Waals surface area contributed by atoms with Crippen LogP contribution in [0.2, 0.25) is 5.02 Å². The van der Waals surface area contributed by atoms with Crippen molar-refractivity contribution in [2.75, 3.05) is 6.54 Å². The lowest BCUT2D eigenvalue weighted by Gasteiger charge is -2.05. The zero-order valence-electron chi connectivity index (χ0n) is 8.44. The van der Waals surface area contributed by atoms with Crippen molar-refractivity contribution >= 4 is 22.5 Å². The molecule has 0 fully saturated rings. The van der Waals surface area contributed by atoms with Gasteiger partial charge in [0.1, 0.15) is 0 Å². The molecule has 2 aromatic rings. The van der Waals surface area contributed by atoms with E-state index in [1.54, 1.807) is 0 Å². The molecule has 0 amide bonds. The monoisotopic (exact) mass is 224 g/mol. The van der Waals surface area contributed by atoms with Crippen LogP contribution in [0.4, 0.5) is 0 Å². The van der Waals surface area contributed by atoms with E-state index in [1.807, 2.05) is 36.0 Å². The van der Waals surface area contributed by atoms with E-state index in [1.165, 1.54) is 0 Å².